The number of aromatic carboxylic acids is 1. The molecule has 1 aromatic carbocycles. The van der Waals surface area contributed by atoms with Crippen molar-refractivity contribution in [3.05, 3.63) is 35.9 Å². The molecule has 0 aliphatic carbocycles. The van der Waals surface area contributed by atoms with Crippen molar-refractivity contribution in [2.75, 3.05) is 17.6 Å². The molecule has 0 aliphatic heterocycles. The lowest BCUT2D eigenvalue weighted by Crippen LogP contribution is -2.22. The van der Waals surface area contributed by atoms with Gasteiger partial charge in [0, 0.05) is 11.9 Å². The molecule has 20 heavy (non-hydrogen) atoms. The van der Waals surface area contributed by atoms with Crippen molar-refractivity contribution < 1.29 is 18.3 Å². The lowest BCUT2D eigenvalue weighted by molar-refractivity contribution is 0.0699. The van der Waals surface area contributed by atoms with Crippen LogP contribution in [0.25, 0.3) is 10.9 Å². The minimum absolute atomic E-state index is 0.135. The largest absolute Gasteiger partial charge is 0.478 e. The number of carbonyl (C=O) groups is 1. The quantitative estimate of drug-likeness (QED) is 0.743. The average molecular weight is 295 g/mol. The van der Waals surface area contributed by atoms with Crippen LogP contribution in [0.5, 0.6) is 0 Å². The summed E-state index contributed by atoms with van der Waals surface area (Å²) in [5.41, 5.74) is 0.691. The summed E-state index contributed by atoms with van der Waals surface area (Å²) in [6.07, 6.45) is 0. The molecule has 8 heteroatoms. The summed E-state index contributed by atoms with van der Waals surface area (Å²) >= 11 is 0. The summed E-state index contributed by atoms with van der Waals surface area (Å²) in [5.74, 6) is -0.766. The number of pyridine rings is 1. The number of hydrogen-bond donors (Lipinski definition) is 3. The minimum Gasteiger partial charge on any atom is -0.478 e. The van der Waals surface area contributed by atoms with Gasteiger partial charge in [-0.2, -0.15) is 0 Å². The maximum Gasteiger partial charge on any atom is 0.336 e. The van der Waals surface area contributed by atoms with Crippen LogP contribution in [0.4, 0.5) is 5.82 Å². The average Bonchev–Trinajstić information content (AvgIpc) is 2.36. The molecule has 1 aromatic heterocycles. The van der Waals surface area contributed by atoms with Crippen LogP contribution in [-0.4, -0.2) is 36.8 Å². The highest BCUT2D eigenvalue weighted by molar-refractivity contribution is 7.89. The number of primary sulfonamides is 1. The van der Waals surface area contributed by atoms with Gasteiger partial charge in [-0.1, -0.05) is 6.07 Å². The lowest BCUT2D eigenvalue weighted by Gasteiger charge is -2.07. The molecule has 0 radical (unpaired) electrons. The molecule has 0 fully saturated rings. The monoisotopic (exact) mass is 295 g/mol. The minimum atomic E-state index is -3.52. The van der Waals surface area contributed by atoms with Crippen molar-refractivity contribution >= 4 is 32.7 Å². The molecule has 0 aliphatic rings. The van der Waals surface area contributed by atoms with Gasteiger partial charge in [0.1, 0.15) is 5.82 Å². The fourth-order valence-corrected chi connectivity index (χ4v) is 2.15. The van der Waals surface area contributed by atoms with Crippen molar-refractivity contribution in [1.29, 1.82) is 0 Å². The van der Waals surface area contributed by atoms with Crippen molar-refractivity contribution in [1.82, 2.24) is 4.98 Å². The van der Waals surface area contributed by atoms with Gasteiger partial charge in [-0.3, -0.25) is 0 Å². The van der Waals surface area contributed by atoms with E-state index in [4.69, 9.17) is 10.2 Å². The van der Waals surface area contributed by atoms with E-state index >= 15 is 0 Å². The van der Waals surface area contributed by atoms with Crippen LogP contribution in [0.1, 0.15) is 10.4 Å². The number of hydrogen-bond acceptors (Lipinski definition) is 5. The predicted molar refractivity (Wildman–Crippen MR) is 75.2 cm³/mol. The van der Waals surface area contributed by atoms with Gasteiger partial charge in [0.15, 0.2) is 0 Å². The van der Waals surface area contributed by atoms with Crippen LogP contribution >= 0.6 is 0 Å². The molecule has 0 atom stereocenters. The number of anilines is 1. The van der Waals surface area contributed by atoms with E-state index < -0.39 is 16.0 Å². The fourth-order valence-electron chi connectivity index (χ4n) is 1.76. The molecule has 7 nitrogen and oxygen atoms in total. The van der Waals surface area contributed by atoms with Gasteiger partial charge in [-0.25, -0.2) is 23.3 Å². The van der Waals surface area contributed by atoms with Crippen LogP contribution < -0.4 is 10.5 Å². The Morgan fingerprint density at radius 3 is 2.70 bits per heavy atom. The first kappa shape index (κ1) is 14.2. The fraction of sp³-hybridized carbons (Fsp3) is 0.167. The molecule has 0 saturated heterocycles. The first-order valence-electron chi connectivity index (χ1n) is 5.74. The molecule has 0 bridgehead atoms. The number of nitrogens with zero attached hydrogens (tertiary/aromatic N) is 1. The van der Waals surface area contributed by atoms with E-state index in [1.807, 2.05) is 0 Å². The van der Waals surface area contributed by atoms with Gasteiger partial charge in [0.25, 0.3) is 0 Å². The highest BCUT2D eigenvalue weighted by Crippen LogP contribution is 2.19. The van der Waals surface area contributed by atoms with Gasteiger partial charge in [0.2, 0.25) is 10.0 Å². The summed E-state index contributed by atoms with van der Waals surface area (Å²) in [6, 6.07) is 8.02. The van der Waals surface area contributed by atoms with E-state index in [2.05, 4.69) is 10.3 Å². The van der Waals surface area contributed by atoms with Crippen LogP contribution in [0, 0.1) is 0 Å². The Kier molecular flexibility index (Phi) is 3.86. The first-order chi connectivity index (χ1) is 9.37. The van der Waals surface area contributed by atoms with Gasteiger partial charge < -0.3 is 10.4 Å². The number of carboxylic acids is 1. The molecule has 2 rings (SSSR count). The standard InChI is InChI=1S/C12H13N3O4S/c13-20(18,19)7-6-14-11-5-4-8-9(12(16)17)2-1-3-10(8)15-11/h1-5H,6-7H2,(H,14,15)(H,16,17)(H2,13,18,19). The number of sulfonamides is 1. The number of rotatable bonds is 5. The Morgan fingerprint density at radius 2 is 2.05 bits per heavy atom. The zero-order valence-electron chi connectivity index (χ0n) is 10.4. The topological polar surface area (TPSA) is 122 Å². The molecule has 0 saturated carbocycles. The number of nitrogens with two attached hydrogens (primary N) is 1. The summed E-state index contributed by atoms with van der Waals surface area (Å²) in [4.78, 5) is 15.3. The normalized spacial score (nSPS) is 11.4. The summed E-state index contributed by atoms with van der Waals surface area (Å²) in [6.45, 7) is 0.135. The number of carboxylic acid groups (broad SMARTS) is 1. The number of benzene rings is 1. The molecule has 0 unspecified atom stereocenters. The van der Waals surface area contributed by atoms with Gasteiger partial charge >= 0.3 is 5.97 Å². The molecular weight excluding hydrogens is 282 g/mol. The molecular formula is C12H13N3O4S. The van der Waals surface area contributed by atoms with E-state index in [9.17, 15) is 13.2 Å². The lowest BCUT2D eigenvalue weighted by atomic mass is 10.1. The highest BCUT2D eigenvalue weighted by atomic mass is 32.2. The SMILES string of the molecule is NS(=O)(=O)CCNc1ccc2c(C(=O)O)cccc2n1. The van der Waals surface area contributed by atoms with Gasteiger partial charge in [0.05, 0.1) is 16.8 Å². The Balaban J connectivity index is 2.24. The Hall–Kier alpha value is -2.19. The van der Waals surface area contributed by atoms with Crippen LogP contribution in [0.15, 0.2) is 30.3 Å². The molecule has 1 heterocycles. The molecule has 2 aromatic rings. The van der Waals surface area contributed by atoms with E-state index in [0.29, 0.717) is 16.7 Å². The van der Waals surface area contributed by atoms with Crippen molar-refractivity contribution in [2.45, 2.75) is 0 Å². The van der Waals surface area contributed by atoms with Crippen LogP contribution in [-0.2, 0) is 10.0 Å². The number of aromatic nitrogens is 1. The summed E-state index contributed by atoms with van der Waals surface area (Å²) in [7, 11) is -3.52. The van der Waals surface area contributed by atoms with Crippen molar-refractivity contribution in [3.8, 4) is 0 Å². The molecule has 0 spiro atoms. The Labute approximate surface area is 115 Å². The van der Waals surface area contributed by atoms with E-state index in [0.717, 1.165) is 0 Å². The number of nitrogens with one attached hydrogen (secondary N) is 1. The third kappa shape index (κ3) is 3.43. The molecule has 106 valence electrons. The maximum atomic E-state index is 11.1. The van der Waals surface area contributed by atoms with E-state index in [1.165, 1.54) is 6.07 Å². The van der Waals surface area contributed by atoms with Crippen LogP contribution in [0.2, 0.25) is 0 Å². The second-order valence-corrected chi connectivity index (χ2v) is 5.90. The number of fused-ring (bicyclic) bond motifs is 1. The maximum absolute atomic E-state index is 11.1. The highest BCUT2D eigenvalue weighted by Gasteiger charge is 2.09. The zero-order valence-corrected chi connectivity index (χ0v) is 11.2. The first-order valence-corrected chi connectivity index (χ1v) is 7.46. The predicted octanol–water partition coefficient (Wildman–Crippen LogP) is 0.633. The van der Waals surface area contributed by atoms with Crippen molar-refractivity contribution in [3.63, 3.8) is 0 Å². The van der Waals surface area contributed by atoms with Gasteiger partial charge in [-0.15, -0.1) is 0 Å². The molecule has 4 N–H and O–H groups in total. The Bertz CT molecular complexity index is 758. The Morgan fingerprint density at radius 1 is 1.30 bits per heavy atom. The van der Waals surface area contributed by atoms with Crippen molar-refractivity contribution in [2.24, 2.45) is 5.14 Å². The zero-order chi connectivity index (χ0) is 14.8. The third-order valence-corrected chi connectivity index (χ3v) is 3.43. The van der Waals surface area contributed by atoms with E-state index in [-0.39, 0.29) is 17.9 Å². The molecule has 0 amide bonds. The second kappa shape index (κ2) is 5.43. The summed E-state index contributed by atoms with van der Waals surface area (Å²) < 4.78 is 21.6. The summed E-state index contributed by atoms with van der Waals surface area (Å²) in [5, 5.41) is 17.3. The third-order valence-electron chi connectivity index (χ3n) is 2.65. The second-order valence-electron chi connectivity index (χ2n) is 4.17. The van der Waals surface area contributed by atoms with Gasteiger partial charge in [-0.05, 0) is 24.3 Å². The van der Waals surface area contributed by atoms with E-state index in [1.54, 1.807) is 24.3 Å². The smallest absolute Gasteiger partial charge is 0.336 e. The van der Waals surface area contributed by atoms with Crippen LogP contribution in [0.3, 0.4) is 0 Å².